The Hall–Kier alpha value is -1.35. The molecular weight excluding hydrogens is 236 g/mol. The Kier molecular flexibility index (Phi) is 5.55. The molecule has 0 aliphatic carbocycles. The predicted octanol–water partition coefficient (Wildman–Crippen LogP) is 3.73. The molecule has 0 fully saturated rings. The Morgan fingerprint density at radius 1 is 1.21 bits per heavy atom. The average Bonchev–Trinajstić information content (AvgIpc) is 2.35. The van der Waals surface area contributed by atoms with Gasteiger partial charge in [0.2, 0.25) is 5.91 Å². The van der Waals surface area contributed by atoms with Crippen molar-refractivity contribution in [2.75, 3.05) is 11.9 Å². The molecule has 1 rings (SSSR count). The average molecular weight is 262 g/mol. The van der Waals surface area contributed by atoms with Gasteiger partial charge >= 0.3 is 0 Å². The summed E-state index contributed by atoms with van der Waals surface area (Å²) >= 11 is 0. The SMILES string of the molecule is CCCNC(C)c1ccc(NC(=O)C(C)(C)C)cc1. The number of carbonyl (C=O) groups excluding carboxylic acids is 1. The van der Waals surface area contributed by atoms with Crippen LogP contribution in [-0.4, -0.2) is 12.5 Å². The fraction of sp³-hybridized carbons (Fsp3) is 0.562. The van der Waals surface area contributed by atoms with E-state index in [0.717, 1.165) is 18.7 Å². The van der Waals surface area contributed by atoms with Crippen LogP contribution in [0.2, 0.25) is 0 Å². The van der Waals surface area contributed by atoms with Gasteiger partial charge in [-0.1, -0.05) is 39.8 Å². The monoisotopic (exact) mass is 262 g/mol. The van der Waals surface area contributed by atoms with Crippen molar-refractivity contribution in [2.45, 2.75) is 47.1 Å². The number of benzene rings is 1. The standard InChI is InChI=1S/C16H26N2O/c1-6-11-17-12(2)13-7-9-14(10-8-13)18-15(19)16(3,4)5/h7-10,12,17H,6,11H2,1-5H3,(H,18,19). The summed E-state index contributed by atoms with van der Waals surface area (Å²) in [6.45, 7) is 11.1. The maximum absolute atomic E-state index is 11.9. The van der Waals surface area contributed by atoms with Crippen LogP contribution in [0.5, 0.6) is 0 Å². The van der Waals surface area contributed by atoms with Crippen molar-refractivity contribution in [1.29, 1.82) is 0 Å². The van der Waals surface area contributed by atoms with Crippen molar-refractivity contribution in [3.8, 4) is 0 Å². The lowest BCUT2D eigenvalue weighted by atomic mass is 9.95. The molecule has 0 bridgehead atoms. The minimum atomic E-state index is -0.366. The zero-order chi connectivity index (χ0) is 14.5. The highest BCUT2D eigenvalue weighted by atomic mass is 16.2. The van der Waals surface area contributed by atoms with E-state index >= 15 is 0 Å². The first-order valence-corrected chi connectivity index (χ1v) is 6.99. The van der Waals surface area contributed by atoms with Gasteiger partial charge in [0.1, 0.15) is 0 Å². The second kappa shape index (κ2) is 6.71. The van der Waals surface area contributed by atoms with Gasteiger partial charge in [0, 0.05) is 17.1 Å². The number of hydrogen-bond donors (Lipinski definition) is 2. The zero-order valence-corrected chi connectivity index (χ0v) is 12.7. The van der Waals surface area contributed by atoms with Gasteiger partial charge in [0.15, 0.2) is 0 Å². The minimum Gasteiger partial charge on any atom is -0.326 e. The van der Waals surface area contributed by atoms with Gasteiger partial charge in [0.25, 0.3) is 0 Å². The molecule has 1 unspecified atom stereocenters. The Bertz CT molecular complexity index is 404. The third-order valence-corrected chi connectivity index (χ3v) is 3.05. The molecule has 0 radical (unpaired) electrons. The molecule has 1 amide bonds. The summed E-state index contributed by atoms with van der Waals surface area (Å²) in [5.74, 6) is 0.0393. The van der Waals surface area contributed by atoms with Gasteiger partial charge in [-0.25, -0.2) is 0 Å². The summed E-state index contributed by atoms with van der Waals surface area (Å²) in [5.41, 5.74) is 1.72. The maximum atomic E-state index is 11.9. The van der Waals surface area contributed by atoms with Gasteiger partial charge in [-0.15, -0.1) is 0 Å². The molecule has 106 valence electrons. The van der Waals surface area contributed by atoms with Crippen molar-refractivity contribution in [3.05, 3.63) is 29.8 Å². The lowest BCUT2D eigenvalue weighted by Gasteiger charge is -2.18. The normalized spacial score (nSPS) is 13.1. The van der Waals surface area contributed by atoms with Gasteiger partial charge in [0.05, 0.1) is 0 Å². The molecule has 2 N–H and O–H groups in total. The summed E-state index contributed by atoms with van der Waals surface area (Å²) in [6, 6.07) is 8.39. The lowest BCUT2D eigenvalue weighted by Crippen LogP contribution is -2.27. The third-order valence-electron chi connectivity index (χ3n) is 3.05. The Balaban J connectivity index is 2.64. The van der Waals surface area contributed by atoms with Crippen LogP contribution in [0.15, 0.2) is 24.3 Å². The maximum Gasteiger partial charge on any atom is 0.229 e. The highest BCUT2D eigenvalue weighted by molar-refractivity contribution is 5.94. The fourth-order valence-electron chi connectivity index (χ4n) is 1.65. The summed E-state index contributed by atoms with van der Waals surface area (Å²) in [4.78, 5) is 11.9. The number of rotatable bonds is 5. The molecule has 3 nitrogen and oxygen atoms in total. The van der Waals surface area contributed by atoms with Gasteiger partial charge in [-0.3, -0.25) is 4.79 Å². The van der Waals surface area contributed by atoms with Crippen molar-refractivity contribution >= 4 is 11.6 Å². The van der Waals surface area contributed by atoms with E-state index in [1.54, 1.807) is 0 Å². The van der Waals surface area contributed by atoms with Crippen LogP contribution < -0.4 is 10.6 Å². The zero-order valence-electron chi connectivity index (χ0n) is 12.7. The van der Waals surface area contributed by atoms with Gasteiger partial charge in [-0.05, 0) is 37.6 Å². The quantitative estimate of drug-likeness (QED) is 0.849. The first kappa shape index (κ1) is 15.7. The number of carbonyl (C=O) groups is 1. The number of anilines is 1. The van der Waals surface area contributed by atoms with E-state index in [1.807, 2.05) is 32.9 Å². The molecule has 1 aromatic carbocycles. The molecule has 0 saturated carbocycles. The fourth-order valence-corrected chi connectivity index (χ4v) is 1.65. The molecule has 0 spiro atoms. The van der Waals surface area contributed by atoms with Crippen molar-refractivity contribution in [3.63, 3.8) is 0 Å². The molecule has 0 aliphatic heterocycles. The largest absolute Gasteiger partial charge is 0.326 e. The number of nitrogens with one attached hydrogen (secondary N) is 2. The van der Waals surface area contributed by atoms with E-state index in [0.29, 0.717) is 6.04 Å². The van der Waals surface area contributed by atoms with Crippen LogP contribution in [0.3, 0.4) is 0 Å². The van der Waals surface area contributed by atoms with Gasteiger partial charge < -0.3 is 10.6 Å². The van der Waals surface area contributed by atoms with Crippen LogP contribution in [0.25, 0.3) is 0 Å². The molecule has 19 heavy (non-hydrogen) atoms. The predicted molar refractivity (Wildman–Crippen MR) is 81.2 cm³/mol. The molecule has 0 aliphatic rings. The molecule has 1 atom stereocenters. The molecule has 0 aromatic heterocycles. The molecule has 0 saturated heterocycles. The van der Waals surface area contributed by atoms with Gasteiger partial charge in [-0.2, -0.15) is 0 Å². The highest BCUT2D eigenvalue weighted by Gasteiger charge is 2.21. The molecule has 0 heterocycles. The molecule has 3 heteroatoms. The van der Waals surface area contributed by atoms with E-state index in [1.165, 1.54) is 5.56 Å². The number of amides is 1. The van der Waals surface area contributed by atoms with Crippen LogP contribution in [0.4, 0.5) is 5.69 Å². The summed E-state index contributed by atoms with van der Waals surface area (Å²) in [6.07, 6.45) is 1.13. The summed E-state index contributed by atoms with van der Waals surface area (Å²) in [7, 11) is 0. The first-order valence-electron chi connectivity index (χ1n) is 6.99. The first-order chi connectivity index (χ1) is 8.84. The van der Waals surface area contributed by atoms with Crippen LogP contribution >= 0.6 is 0 Å². The number of hydrogen-bond acceptors (Lipinski definition) is 2. The minimum absolute atomic E-state index is 0.0393. The Morgan fingerprint density at radius 3 is 2.26 bits per heavy atom. The molecular formula is C16H26N2O. The second-order valence-corrected chi connectivity index (χ2v) is 6.00. The van der Waals surface area contributed by atoms with Crippen LogP contribution in [-0.2, 0) is 4.79 Å². The second-order valence-electron chi connectivity index (χ2n) is 6.00. The summed E-state index contributed by atoms with van der Waals surface area (Å²) in [5, 5.41) is 6.38. The van der Waals surface area contributed by atoms with E-state index in [-0.39, 0.29) is 11.3 Å². The Morgan fingerprint density at radius 2 is 1.79 bits per heavy atom. The molecule has 1 aromatic rings. The van der Waals surface area contributed by atoms with Crippen LogP contribution in [0, 0.1) is 5.41 Å². The third kappa shape index (κ3) is 5.03. The lowest BCUT2D eigenvalue weighted by molar-refractivity contribution is -0.123. The van der Waals surface area contributed by atoms with Crippen molar-refractivity contribution in [2.24, 2.45) is 5.41 Å². The topological polar surface area (TPSA) is 41.1 Å². The van der Waals surface area contributed by atoms with Crippen molar-refractivity contribution in [1.82, 2.24) is 5.32 Å². The Labute approximate surface area is 116 Å². The van der Waals surface area contributed by atoms with E-state index < -0.39 is 0 Å². The van der Waals surface area contributed by atoms with Crippen molar-refractivity contribution < 1.29 is 4.79 Å². The van der Waals surface area contributed by atoms with E-state index in [9.17, 15) is 4.79 Å². The van der Waals surface area contributed by atoms with Crippen LogP contribution in [0.1, 0.15) is 52.6 Å². The van der Waals surface area contributed by atoms with E-state index in [2.05, 4.69) is 36.6 Å². The summed E-state index contributed by atoms with van der Waals surface area (Å²) < 4.78 is 0. The highest BCUT2D eigenvalue weighted by Crippen LogP contribution is 2.19. The van der Waals surface area contributed by atoms with E-state index in [4.69, 9.17) is 0 Å². The smallest absolute Gasteiger partial charge is 0.229 e.